The van der Waals surface area contributed by atoms with Gasteiger partial charge in [-0.2, -0.15) is 0 Å². The van der Waals surface area contributed by atoms with Crippen molar-refractivity contribution in [2.75, 3.05) is 13.1 Å². The fourth-order valence-corrected chi connectivity index (χ4v) is 1.53. The van der Waals surface area contributed by atoms with E-state index in [4.69, 9.17) is 5.73 Å². The third-order valence-corrected chi connectivity index (χ3v) is 2.34. The molecule has 3 N–H and O–H groups in total. The Morgan fingerprint density at radius 3 is 2.46 bits per heavy atom. The number of rotatable bonds is 3. The van der Waals surface area contributed by atoms with E-state index in [0.717, 1.165) is 32.4 Å². The van der Waals surface area contributed by atoms with Gasteiger partial charge in [-0.05, 0) is 38.3 Å². The number of hydrogen-bond donors (Lipinski definition) is 2. The molecule has 1 aliphatic rings. The van der Waals surface area contributed by atoms with E-state index in [0.29, 0.717) is 11.5 Å². The van der Waals surface area contributed by atoms with Crippen LogP contribution in [0.4, 0.5) is 0 Å². The smallest absolute Gasteiger partial charge is 0.244 e. The third-order valence-electron chi connectivity index (χ3n) is 2.34. The van der Waals surface area contributed by atoms with Crippen molar-refractivity contribution in [3.63, 3.8) is 0 Å². The first-order valence-electron chi connectivity index (χ1n) is 4.38. The highest BCUT2D eigenvalue weighted by molar-refractivity contribution is 5.91. The van der Waals surface area contributed by atoms with E-state index in [2.05, 4.69) is 11.9 Å². The second-order valence-corrected chi connectivity index (χ2v) is 3.37. The van der Waals surface area contributed by atoms with E-state index < -0.39 is 0 Å². The zero-order valence-electron chi connectivity index (χ0n) is 7.71. The van der Waals surface area contributed by atoms with Crippen LogP contribution in [0.5, 0.6) is 0 Å². The molecule has 0 radical (unpaired) electrons. The number of primary amides is 1. The number of carbonyl (C=O) groups is 1. The normalized spacial score (nSPS) is 17.5. The zero-order chi connectivity index (χ0) is 8.97. The molecule has 76 valence electrons. The molecule has 1 aliphatic heterocycles. The second kappa shape index (κ2) is 6.00. The molecule has 3 nitrogen and oxygen atoms in total. The molecule has 0 aromatic heterocycles. The van der Waals surface area contributed by atoms with Crippen LogP contribution in [0.15, 0.2) is 12.2 Å². The Bertz CT molecular complexity index is 188. The Labute approximate surface area is 85.2 Å². The fraction of sp³-hybridized carbons (Fsp3) is 0.667. The standard InChI is InChI=1S/C9H16N2O.ClH/c1-7(9(10)12)6-8-2-4-11-5-3-8;/h8,11H,1-6H2,(H2,10,12);1H. The molecule has 1 saturated heterocycles. The summed E-state index contributed by atoms with van der Waals surface area (Å²) >= 11 is 0. The summed E-state index contributed by atoms with van der Waals surface area (Å²) in [6.45, 7) is 5.76. The maximum absolute atomic E-state index is 10.7. The van der Waals surface area contributed by atoms with Crippen molar-refractivity contribution in [2.45, 2.75) is 19.3 Å². The van der Waals surface area contributed by atoms with Crippen LogP contribution in [0.1, 0.15) is 19.3 Å². The van der Waals surface area contributed by atoms with E-state index in [9.17, 15) is 4.79 Å². The number of amides is 1. The van der Waals surface area contributed by atoms with Gasteiger partial charge in [0.15, 0.2) is 0 Å². The van der Waals surface area contributed by atoms with Gasteiger partial charge >= 0.3 is 0 Å². The van der Waals surface area contributed by atoms with Gasteiger partial charge in [0.25, 0.3) is 0 Å². The van der Waals surface area contributed by atoms with Gasteiger partial charge in [0, 0.05) is 5.57 Å². The first-order chi connectivity index (χ1) is 5.70. The van der Waals surface area contributed by atoms with Gasteiger partial charge in [-0.15, -0.1) is 12.4 Å². The monoisotopic (exact) mass is 204 g/mol. The van der Waals surface area contributed by atoms with Crippen molar-refractivity contribution in [1.29, 1.82) is 0 Å². The molecular weight excluding hydrogens is 188 g/mol. The number of piperidine rings is 1. The van der Waals surface area contributed by atoms with Gasteiger partial charge in [-0.25, -0.2) is 0 Å². The van der Waals surface area contributed by atoms with Crippen molar-refractivity contribution >= 4 is 18.3 Å². The lowest BCUT2D eigenvalue weighted by atomic mass is 9.91. The highest BCUT2D eigenvalue weighted by Crippen LogP contribution is 2.19. The van der Waals surface area contributed by atoms with Crippen LogP contribution < -0.4 is 11.1 Å². The molecule has 0 atom stereocenters. The number of nitrogens with one attached hydrogen (secondary N) is 1. The van der Waals surface area contributed by atoms with E-state index in [1.807, 2.05) is 0 Å². The van der Waals surface area contributed by atoms with Crippen LogP contribution in [-0.2, 0) is 4.79 Å². The Kier molecular flexibility index (Phi) is 5.75. The third kappa shape index (κ3) is 4.29. The van der Waals surface area contributed by atoms with Gasteiger partial charge in [0.2, 0.25) is 5.91 Å². The predicted octanol–water partition coefficient (Wildman–Crippen LogP) is 0.839. The molecule has 1 rings (SSSR count). The van der Waals surface area contributed by atoms with Crippen LogP contribution in [0, 0.1) is 5.92 Å². The second-order valence-electron chi connectivity index (χ2n) is 3.37. The molecule has 0 aliphatic carbocycles. The van der Waals surface area contributed by atoms with E-state index in [1.54, 1.807) is 0 Å². The minimum absolute atomic E-state index is 0. The Balaban J connectivity index is 0.00000144. The van der Waals surface area contributed by atoms with Crippen LogP contribution in [0.3, 0.4) is 0 Å². The minimum atomic E-state index is -0.353. The molecule has 1 amide bonds. The van der Waals surface area contributed by atoms with Crippen molar-refractivity contribution in [1.82, 2.24) is 5.32 Å². The maximum atomic E-state index is 10.7. The highest BCUT2D eigenvalue weighted by atomic mass is 35.5. The maximum Gasteiger partial charge on any atom is 0.244 e. The minimum Gasteiger partial charge on any atom is -0.366 e. The topological polar surface area (TPSA) is 55.1 Å². The summed E-state index contributed by atoms with van der Waals surface area (Å²) in [5, 5.41) is 3.27. The largest absolute Gasteiger partial charge is 0.366 e. The van der Waals surface area contributed by atoms with Gasteiger partial charge in [0.05, 0.1) is 0 Å². The molecule has 0 bridgehead atoms. The molecule has 0 spiro atoms. The SMILES string of the molecule is C=C(CC1CCNCC1)C(N)=O.Cl. The van der Waals surface area contributed by atoms with Crippen LogP contribution >= 0.6 is 12.4 Å². The average molecular weight is 205 g/mol. The van der Waals surface area contributed by atoms with Gasteiger partial charge < -0.3 is 11.1 Å². The van der Waals surface area contributed by atoms with Gasteiger partial charge in [-0.1, -0.05) is 6.58 Å². The predicted molar refractivity (Wildman–Crippen MR) is 55.8 cm³/mol. The Hall–Kier alpha value is -0.540. The molecule has 0 aromatic carbocycles. The lowest BCUT2D eigenvalue weighted by Crippen LogP contribution is -2.28. The van der Waals surface area contributed by atoms with Crippen LogP contribution in [0.2, 0.25) is 0 Å². The van der Waals surface area contributed by atoms with E-state index >= 15 is 0 Å². The molecule has 4 heteroatoms. The quantitative estimate of drug-likeness (QED) is 0.670. The van der Waals surface area contributed by atoms with Crippen LogP contribution in [0.25, 0.3) is 0 Å². The first-order valence-corrected chi connectivity index (χ1v) is 4.38. The zero-order valence-corrected chi connectivity index (χ0v) is 8.53. The molecular formula is C9H17ClN2O. The van der Waals surface area contributed by atoms with Crippen molar-refractivity contribution in [3.8, 4) is 0 Å². The van der Waals surface area contributed by atoms with E-state index in [1.165, 1.54) is 0 Å². The number of hydrogen-bond acceptors (Lipinski definition) is 2. The summed E-state index contributed by atoms with van der Waals surface area (Å²) in [4.78, 5) is 10.7. The molecule has 13 heavy (non-hydrogen) atoms. The van der Waals surface area contributed by atoms with Crippen molar-refractivity contribution in [3.05, 3.63) is 12.2 Å². The number of halogens is 1. The lowest BCUT2D eigenvalue weighted by Gasteiger charge is -2.22. The average Bonchev–Trinajstić information content (AvgIpc) is 2.06. The van der Waals surface area contributed by atoms with Gasteiger partial charge in [0.1, 0.15) is 0 Å². The summed E-state index contributed by atoms with van der Waals surface area (Å²) in [6.07, 6.45) is 3.04. The highest BCUT2D eigenvalue weighted by Gasteiger charge is 2.15. The van der Waals surface area contributed by atoms with Gasteiger partial charge in [-0.3, -0.25) is 4.79 Å². The summed E-state index contributed by atoms with van der Waals surface area (Å²) in [5.74, 6) is 0.250. The lowest BCUT2D eigenvalue weighted by molar-refractivity contribution is -0.114. The van der Waals surface area contributed by atoms with Crippen LogP contribution in [-0.4, -0.2) is 19.0 Å². The fourth-order valence-electron chi connectivity index (χ4n) is 1.53. The molecule has 1 fully saturated rings. The number of carbonyl (C=O) groups excluding carboxylic acids is 1. The van der Waals surface area contributed by atoms with Crippen molar-refractivity contribution in [2.24, 2.45) is 11.7 Å². The summed E-state index contributed by atoms with van der Waals surface area (Å²) < 4.78 is 0. The molecule has 0 unspecified atom stereocenters. The summed E-state index contributed by atoms with van der Waals surface area (Å²) in [7, 11) is 0. The molecule has 0 saturated carbocycles. The molecule has 0 aromatic rings. The Morgan fingerprint density at radius 2 is 2.00 bits per heavy atom. The summed E-state index contributed by atoms with van der Waals surface area (Å²) in [5.41, 5.74) is 5.67. The Morgan fingerprint density at radius 1 is 1.46 bits per heavy atom. The van der Waals surface area contributed by atoms with Crippen molar-refractivity contribution < 1.29 is 4.79 Å². The number of nitrogens with two attached hydrogens (primary N) is 1. The first kappa shape index (κ1) is 12.5. The molecule has 1 heterocycles. The summed E-state index contributed by atoms with van der Waals surface area (Å²) in [6, 6.07) is 0. The van der Waals surface area contributed by atoms with E-state index in [-0.39, 0.29) is 18.3 Å².